The molecule has 1 aliphatic rings. The van der Waals surface area contributed by atoms with Gasteiger partial charge < -0.3 is 15.6 Å². The van der Waals surface area contributed by atoms with E-state index in [1.807, 2.05) is 10.9 Å². The van der Waals surface area contributed by atoms with E-state index in [0.717, 1.165) is 25.9 Å². The van der Waals surface area contributed by atoms with E-state index in [1.54, 1.807) is 6.20 Å². The van der Waals surface area contributed by atoms with Crippen LogP contribution in [0.25, 0.3) is 0 Å². The SMILES string of the molecule is O=C(Nc1cnn(C2CCNCC2)c1)c1cnc[nH]1. The fraction of sp³-hybridized carbons (Fsp3) is 0.417. The Kier molecular flexibility index (Phi) is 3.28. The summed E-state index contributed by atoms with van der Waals surface area (Å²) in [6.45, 7) is 2.03. The van der Waals surface area contributed by atoms with Crippen LogP contribution in [-0.2, 0) is 0 Å². The maximum atomic E-state index is 11.8. The highest BCUT2D eigenvalue weighted by Crippen LogP contribution is 2.19. The molecule has 0 bridgehead atoms. The summed E-state index contributed by atoms with van der Waals surface area (Å²) in [7, 11) is 0. The normalized spacial score (nSPS) is 16.4. The van der Waals surface area contributed by atoms with Gasteiger partial charge in [0.15, 0.2) is 0 Å². The molecular weight excluding hydrogens is 244 g/mol. The first-order chi connectivity index (χ1) is 9.33. The van der Waals surface area contributed by atoms with Crippen LogP contribution in [0, 0.1) is 0 Å². The van der Waals surface area contributed by atoms with E-state index >= 15 is 0 Å². The summed E-state index contributed by atoms with van der Waals surface area (Å²) in [6, 6.07) is 0.416. The van der Waals surface area contributed by atoms with Gasteiger partial charge in [0.05, 0.1) is 30.5 Å². The molecule has 3 heterocycles. The highest BCUT2D eigenvalue weighted by Gasteiger charge is 2.16. The molecule has 0 atom stereocenters. The lowest BCUT2D eigenvalue weighted by Gasteiger charge is -2.22. The third kappa shape index (κ3) is 2.65. The van der Waals surface area contributed by atoms with Gasteiger partial charge in [-0.3, -0.25) is 9.48 Å². The molecule has 7 nitrogen and oxygen atoms in total. The van der Waals surface area contributed by atoms with Crippen LogP contribution >= 0.6 is 0 Å². The third-order valence-corrected chi connectivity index (χ3v) is 3.29. The quantitative estimate of drug-likeness (QED) is 0.761. The molecule has 3 N–H and O–H groups in total. The highest BCUT2D eigenvalue weighted by atomic mass is 16.1. The van der Waals surface area contributed by atoms with Crippen LogP contribution in [0.2, 0.25) is 0 Å². The van der Waals surface area contributed by atoms with Crippen molar-refractivity contribution >= 4 is 11.6 Å². The summed E-state index contributed by atoms with van der Waals surface area (Å²) >= 11 is 0. The first kappa shape index (κ1) is 11.9. The Morgan fingerprint density at radius 1 is 1.37 bits per heavy atom. The molecule has 2 aromatic rings. The van der Waals surface area contributed by atoms with Gasteiger partial charge in [0.25, 0.3) is 5.91 Å². The van der Waals surface area contributed by atoms with Crippen molar-refractivity contribution in [3.63, 3.8) is 0 Å². The molecule has 1 saturated heterocycles. The Hall–Kier alpha value is -2.15. The zero-order valence-corrected chi connectivity index (χ0v) is 10.5. The Balaban J connectivity index is 1.66. The molecule has 19 heavy (non-hydrogen) atoms. The summed E-state index contributed by atoms with van der Waals surface area (Å²) in [4.78, 5) is 18.4. The number of anilines is 1. The number of rotatable bonds is 3. The number of H-pyrrole nitrogens is 1. The van der Waals surface area contributed by atoms with E-state index < -0.39 is 0 Å². The lowest BCUT2D eigenvalue weighted by Crippen LogP contribution is -2.29. The average Bonchev–Trinajstić information content (AvgIpc) is 3.11. The molecule has 1 aliphatic heterocycles. The van der Waals surface area contributed by atoms with E-state index in [0.29, 0.717) is 17.4 Å². The maximum Gasteiger partial charge on any atom is 0.273 e. The summed E-state index contributed by atoms with van der Waals surface area (Å²) in [6.07, 6.45) is 8.66. The molecule has 0 aliphatic carbocycles. The number of nitrogens with zero attached hydrogens (tertiary/aromatic N) is 3. The highest BCUT2D eigenvalue weighted by molar-refractivity contribution is 6.02. The van der Waals surface area contributed by atoms with Crippen LogP contribution in [0.15, 0.2) is 24.9 Å². The van der Waals surface area contributed by atoms with E-state index in [9.17, 15) is 4.79 Å². The van der Waals surface area contributed by atoms with Crippen molar-refractivity contribution in [1.29, 1.82) is 0 Å². The molecule has 0 saturated carbocycles. The fourth-order valence-corrected chi connectivity index (χ4v) is 2.25. The maximum absolute atomic E-state index is 11.8. The van der Waals surface area contributed by atoms with Gasteiger partial charge in [-0.1, -0.05) is 0 Å². The van der Waals surface area contributed by atoms with Crippen molar-refractivity contribution in [2.75, 3.05) is 18.4 Å². The van der Waals surface area contributed by atoms with E-state index in [4.69, 9.17) is 0 Å². The number of hydrogen-bond donors (Lipinski definition) is 3. The summed E-state index contributed by atoms with van der Waals surface area (Å²) in [5, 5.41) is 10.4. The Labute approximate surface area is 110 Å². The summed E-state index contributed by atoms with van der Waals surface area (Å²) in [5.41, 5.74) is 1.15. The Bertz CT molecular complexity index is 540. The van der Waals surface area contributed by atoms with Gasteiger partial charge in [-0.25, -0.2) is 4.98 Å². The smallest absolute Gasteiger partial charge is 0.273 e. The number of aromatic amines is 1. The van der Waals surface area contributed by atoms with Crippen molar-refractivity contribution in [2.24, 2.45) is 0 Å². The van der Waals surface area contributed by atoms with Crippen molar-refractivity contribution in [3.8, 4) is 0 Å². The Morgan fingerprint density at radius 2 is 2.21 bits per heavy atom. The zero-order chi connectivity index (χ0) is 13.1. The first-order valence-electron chi connectivity index (χ1n) is 6.37. The largest absolute Gasteiger partial charge is 0.341 e. The minimum Gasteiger partial charge on any atom is -0.341 e. The number of carbonyl (C=O) groups is 1. The number of imidazole rings is 1. The van der Waals surface area contributed by atoms with Crippen molar-refractivity contribution in [3.05, 3.63) is 30.6 Å². The van der Waals surface area contributed by atoms with E-state index in [2.05, 4.69) is 25.7 Å². The second-order valence-electron chi connectivity index (χ2n) is 4.61. The van der Waals surface area contributed by atoms with Gasteiger partial charge in [-0.05, 0) is 25.9 Å². The topological polar surface area (TPSA) is 87.6 Å². The molecule has 0 radical (unpaired) electrons. The predicted octanol–water partition coefficient (Wildman–Crippen LogP) is 0.783. The fourth-order valence-electron chi connectivity index (χ4n) is 2.25. The molecule has 0 unspecified atom stereocenters. The van der Waals surface area contributed by atoms with Gasteiger partial charge >= 0.3 is 0 Å². The Morgan fingerprint density at radius 3 is 2.95 bits per heavy atom. The second kappa shape index (κ2) is 5.23. The standard InChI is InChI=1S/C12H16N6O/c19-12(11-6-14-8-15-11)17-9-5-16-18(7-9)10-1-3-13-4-2-10/h5-8,10,13H,1-4H2,(H,14,15)(H,17,19). The molecule has 1 fully saturated rings. The van der Waals surface area contributed by atoms with Gasteiger partial charge in [0.1, 0.15) is 5.69 Å². The van der Waals surface area contributed by atoms with Gasteiger partial charge in [-0.15, -0.1) is 0 Å². The molecule has 0 aromatic carbocycles. The van der Waals surface area contributed by atoms with Crippen LogP contribution in [0.4, 0.5) is 5.69 Å². The molecule has 0 spiro atoms. The molecule has 7 heteroatoms. The lowest BCUT2D eigenvalue weighted by molar-refractivity contribution is 0.102. The first-order valence-corrected chi connectivity index (χ1v) is 6.37. The molecule has 2 aromatic heterocycles. The van der Waals surface area contributed by atoms with E-state index in [1.165, 1.54) is 12.5 Å². The number of hydrogen-bond acceptors (Lipinski definition) is 4. The van der Waals surface area contributed by atoms with Gasteiger partial charge in [0.2, 0.25) is 0 Å². The summed E-state index contributed by atoms with van der Waals surface area (Å²) in [5.74, 6) is -0.206. The van der Waals surface area contributed by atoms with Crippen molar-refractivity contribution < 1.29 is 4.79 Å². The second-order valence-corrected chi connectivity index (χ2v) is 4.61. The molecule has 100 valence electrons. The van der Waals surface area contributed by atoms with Crippen LogP contribution in [0.1, 0.15) is 29.4 Å². The van der Waals surface area contributed by atoms with Crippen LogP contribution in [-0.4, -0.2) is 38.7 Å². The number of nitrogens with one attached hydrogen (secondary N) is 3. The van der Waals surface area contributed by atoms with Gasteiger partial charge in [0, 0.05) is 6.20 Å². The van der Waals surface area contributed by atoms with Crippen LogP contribution in [0.3, 0.4) is 0 Å². The zero-order valence-electron chi connectivity index (χ0n) is 10.5. The monoisotopic (exact) mass is 260 g/mol. The number of aromatic nitrogens is 4. The predicted molar refractivity (Wildman–Crippen MR) is 69.9 cm³/mol. The molecular formula is C12H16N6O. The van der Waals surface area contributed by atoms with Gasteiger partial charge in [-0.2, -0.15) is 5.10 Å². The number of piperidine rings is 1. The molecule has 1 amide bonds. The van der Waals surface area contributed by atoms with Crippen molar-refractivity contribution in [2.45, 2.75) is 18.9 Å². The number of amides is 1. The van der Waals surface area contributed by atoms with Crippen LogP contribution in [0.5, 0.6) is 0 Å². The molecule has 3 rings (SSSR count). The van der Waals surface area contributed by atoms with Crippen LogP contribution < -0.4 is 10.6 Å². The van der Waals surface area contributed by atoms with Crippen molar-refractivity contribution in [1.82, 2.24) is 25.1 Å². The third-order valence-electron chi connectivity index (χ3n) is 3.29. The minimum absolute atomic E-state index is 0.206. The number of carbonyl (C=O) groups excluding carboxylic acids is 1. The lowest BCUT2D eigenvalue weighted by atomic mass is 10.1. The van der Waals surface area contributed by atoms with E-state index in [-0.39, 0.29) is 5.91 Å². The average molecular weight is 260 g/mol. The summed E-state index contributed by atoms with van der Waals surface area (Å²) < 4.78 is 1.93. The minimum atomic E-state index is -0.206.